The van der Waals surface area contributed by atoms with Crippen LogP contribution in [0.1, 0.15) is 11.1 Å². The molecule has 0 aliphatic carbocycles. The molecule has 2 aromatic carbocycles. The number of carbonyl (C=O) groups is 1. The zero-order valence-corrected chi connectivity index (χ0v) is 17.8. The zero-order chi connectivity index (χ0) is 22.0. The van der Waals surface area contributed by atoms with Gasteiger partial charge in [0.15, 0.2) is 0 Å². The largest absolute Gasteiger partial charge is 0.350 e. The molecule has 6 nitrogen and oxygen atoms in total. The fraction of sp³-hybridized carbons (Fsp3) is 0.136. The van der Waals surface area contributed by atoms with Gasteiger partial charge in [-0.3, -0.25) is 18.7 Å². The number of aromatic nitrogens is 2. The Labute approximate surface area is 185 Å². The molecule has 2 heterocycles. The lowest BCUT2D eigenvalue weighted by Crippen LogP contribution is -2.42. The Morgan fingerprint density at radius 2 is 1.77 bits per heavy atom. The van der Waals surface area contributed by atoms with Gasteiger partial charge in [-0.2, -0.15) is 0 Å². The quantitative estimate of drug-likeness (QED) is 0.482. The zero-order valence-electron chi connectivity index (χ0n) is 16.2. The number of nitrogens with zero attached hydrogens (tertiary/aromatic N) is 2. The van der Waals surface area contributed by atoms with Crippen LogP contribution >= 0.6 is 22.9 Å². The van der Waals surface area contributed by atoms with Gasteiger partial charge in [0.25, 0.3) is 5.56 Å². The van der Waals surface area contributed by atoms with Crippen LogP contribution in [-0.4, -0.2) is 15.0 Å². The molecule has 0 saturated carbocycles. The molecule has 0 atom stereocenters. The Balaban J connectivity index is 1.64. The van der Waals surface area contributed by atoms with Crippen molar-refractivity contribution >= 4 is 39.1 Å². The van der Waals surface area contributed by atoms with Crippen molar-refractivity contribution in [2.45, 2.75) is 19.6 Å². The van der Waals surface area contributed by atoms with Gasteiger partial charge in [0.1, 0.15) is 17.1 Å². The maximum Gasteiger partial charge on any atom is 0.332 e. The summed E-state index contributed by atoms with van der Waals surface area (Å²) < 4.78 is 16.6. The number of hydrogen-bond acceptors (Lipinski definition) is 4. The van der Waals surface area contributed by atoms with Gasteiger partial charge in [-0.25, -0.2) is 9.18 Å². The van der Waals surface area contributed by atoms with E-state index in [0.717, 1.165) is 10.1 Å². The van der Waals surface area contributed by atoms with E-state index in [4.69, 9.17) is 11.6 Å². The molecule has 1 N–H and O–H groups in total. The number of amides is 1. The Morgan fingerprint density at radius 1 is 1.03 bits per heavy atom. The van der Waals surface area contributed by atoms with Crippen LogP contribution in [0.4, 0.5) is 4.39 Å². The van der Waals surface area contributed by atoms with Crippen LogP contribution in [0.15, 0.2) is 69.6 Å². The van der Waals surface area contributed by atoms with Crippen LogP contribution in [0.5, 0.6) is 0 Å². The lowest BCUT2D eigenvalue weighted by Gasteiger charge is -2.13. The molecular weight excluding hydrogens is 441 g/mol. The van der Waals surface area contributed by atoms with Crippen molar-refractivity contribution < 1.29 is 9.18 Å². The Bertz CT molecular complexity index is 1380. The second kappa shape index (κ2) is 8.87. The highest BCUT2D eigenvalue weighted by Crippen LogP contribution is 2.16. The van der Waals surface area contributed by atoms with E-state index in [0.29, 0.717) is 15.2 Å². The van der Waals surface area contributed by atoms with Crippen molar-refractivity contribution in [3.63, 3.8) is 0 Å². The molecule has 0 unspecified atom stereocenters. The maximum absolute atomic E-state index is 14.1. The number of benzene rings is 2. The first-order valence-electron chi connectivity index (χ1n) is 9.39. The van der Waals surface area contributed by atoms with Crippen molar-refractivity contribution in [1.29, 1.82) is 0 Å². The van der Waals surface area contributed by atoms with E-state index in [9.17, 15) is 18.8 Å². The van der Waals surface area contributed by atoms with Gasteiger partial charge < -0.3 is 5.32 Å². The summed E-state index contributed by atoms with van der Waals surface area (Å²) >= 11 is 7.04. The van der Waals surface area contributed by atoms with Crippen molar-refractivity contribution in [3.8, 4) is 0 Å². The van der Waals surface area contributed by atoms with Crippen LogP contribution in [-0.2, 0) is 24.4 Å². The summed E-state index contributed by atoms with van der Waals surface area (Å²) in [4.78, 5) is 38.4. The highest BCUT2D eigenvalue weighted by Gasteiger charge is 2.17. The Hall–Kier alpha value is -3.23. The standard InChI is InChI=1S/C22H17ClFN3O3S/c23-16-7-5-14(6-8-16)11-25-19(28)13-26-18-9-10-31-20(18)21(29)27(22(26)30)12-15-3-1-2-4-17(15)24/h1-10H,11-13H2,(H,25,28). The first-order chi connectivity index (χ1) is 14.9. The van der Waals surface area contributed by atoms with E-state index in [2.05, 4.69) is 5.32 Å². The van der Waals surface area contributed by atoms with Gasteiger partial charge in [-0.15, -0.1) is 11.3 Å². The van der Waals surface area contributed by atoms with E-state index in [-0.39, 0.29) is 31.1 Å². The molecule has 2 aromatic heterocycles. The molecule has 0 fully saturated rings. The third kappa shape index (κ3) is 4.45. The molecule has 0 aliphatic heterocycles. The number of hydrogen-bond donors (Lipinski definition) is 1. The third-order valence-electron chi connectivity index (χ3n) is 4.83. The third-order valence-corrected chi connectivity index (χ3v) is 5.97. The van der Waals surface area contributed by atoms with Crippen LogP contribution in [0.3, 0.4) is 0 Å². The molecule has 158 valence electrons. The molecule has 4 aromatic rings. The number of carbonyl (C=O) groups excluding carboxylic acids is 1. The summed E-state index contributed by atoms with van der Waals surface area (Å²) in [6.45, 7) is -0.214. The minimum Gasteiger partial charge on any atom is -0.350 e. The van der Waals surface area contributed by atoms with Gasteiger partial charge in [0, 0.05) is 17.1 Å². The summed E-state index contributed by atoms with van der Waals surface area (Å²) in [6, 6.07) is 14.6. The monoisotopic (exact) mass is 457 g/mol. The molecule has 0 bridgehead atoms. The van der Waals surface area contributed by atoms with Crippen LogP contribution < -0.4 is 16.6 Å². The predicted molar refractivity (Wildman–Crippen MR) is 119 cm³/mol. The summed E-state index contributed by atoms with van der Waals surface area (Å²) in [5.74, 6) is -0.895. The molecule has 31 heavy (non-hydrogen) atoms. The molecule has 0 spiro atoms. The van der Waals surface area contributed by atoms with Crippen LogP contribution in [0.2, 0.25) is 5.02 Å². The normalized spacial score (nSPS) is 11.0. The van der Waals surface area contributed by atoms with Crippen molar-refractivity contribution in [2.24, 2.45) is 0 Å². The maximum atomic E-state index is 14.1. The summed E-state index contributed by atoms with van der Waals surface area (Å²) in [5, 5.41) is 5.04. The molecule has 0 radical (unpaired) electrons. The second-order valence-corrected chi connectivity index (χ2v) is 8.24. The summed E-state index contributed by atoms with van der Waals surface area (Å²) in [7, 11) is 0. The molecule has 0 aliphatic rings. The van der Waals surface area contributed by atoms with E-state index < -0.39 is 17.1 Å². The first-order valence-corrected chi connectivity index (χ1v) is 10.6. The minimum atomic E-state index is -0.666. The van der Waals surface area contributed by atoms with Gasteiger partial charge in [-0.05, 0) is 35.2 Å². The average molecular weight is 458 g/mol. The topological polar surface area (TPSA) is 73.1 Å². The van der Waals surface area contributed by atoms with Crippen LogP contribution in [0.25, 0.3) is 10.2 Å². The van der Waals surface area contributed by atoms with E-state index in [1.54, 1.807) is 41.8 Å². The van der Waals surface area contributed by atoms with Crippen molar-refractivity contribution in [3.05, 3.63) is 103 Å². The SMILES string of the molecule is O=C(Cn1c(=O)n(Cc2ccccc2F)c(=O)c2sccc21)NCc1ccc(Cl)cc1. The molecule has 0 saturated heterocycles. The Morgan fingerprint density at radius 3 is 2.52 bits per heavy atom. The summed E-state index contributed by atoms with van der Waals surface area (Å²) in [5.41, 5.74) is 0.287. The second-order valence-electron chi connectivity index (χ2n) is 6.89. The number of halogens is 2. The van der Waals surface area contributed by atoms with E-state index >= 15 is 0 Å². The smallest absolute Gasteiger partial charge is 0.332 e. The molecular formula is C22H17ClFN3O3S. The number of fused-ring (bicyclic) bond motifs is 1. The van der Waals surface area contributed by atoms with Crippen molar-refractivity contribution in [2.75, 3.05) is 0 Å². The van der Waals surface area contributed by atoms with Gasteiger partial charge in [0.2, 0.25) is 5.91 Å². The highest BCUT2D eigenvalue weighted by molar-refractivity contribution is 7.17. The number of thiophene rings is 1. The van der Waals surface area contributed by atoms with E-state index in [1.165, 1.54) is 34.1 Å². The minimum absolute atomic E-state index is 0.218. The van der Waals surface area contributed by atoms with Gasteiger partial charge >= 0.3 is 5.69 Å². The number of nitrogens with one attached hydrogen (secondary N) is 1. The predicted octanol–water partition coefficient (Wildman–Crippen LogP) is 3.38. The number of rotatable bonds is 6. The van der Waals surface area contributed by atoms with Gasteiger partial charge in [0.05, 0.1) is 12.1 Å². The Kier molecular flexibility index (Phi) is 6.01. The molecule has 4 rings (SSSR count). The van der Waals surface area contributed by atoms with Crippen LogP contribution in [0, 0.1) is 5.82 Å². The van der Waals surface area contributed by atoms with E-state index in [1.807, 2.05) is 0 Å². The molecule has 1 amide bonds. The van der Waals surface area contributed by atoms with Crippen molar-refractivity contribution in [1.82, 2.24) is 14.5 Å². The fourth-order valence-electron chi connectivity index (χ4n) is 3.22. The van der Waals surface area contributed by atoms with Gasteiger partial charge in [-0.1, -0.05) is 41.9 Å². The lowest BCUT2D eigenvalue weighted by molar-refractivity contribution is -0.121. The average Bonchev–Trinajstić information content (AvgIpc) is 3.25. The summed E-state index contributed by atoms with van der Waals surface area (Å²) in [6.07, 6.45) is 0. The highest BCUT2D eigenvalue weighted by atomic mass is 35.5. The first kappa shape index (κ1) is 21.0. The lowest BCUT2D eigenvalue weighted by atomic mass is 10.2. The fourth-order valence-corrected chi connectivity index (χ4v) is 4.19. The molecule has 9 heteroatoms.